The van der Waals surface area contributed by atoms with Crippen LogP contribution in [0.15, 0.2) is 85.1 Å². The highest BCUT2D eigenvalue weighted by molar-refractivity contribution is 5.70. The van der Waals surface area contributed by atoms with E-state index in [1.165, 1.54) is 141 Å². The predicted molar refractivity (Wildman–Crippen MR) is 288 cm³/mol. The Morgan fingerprint density at radius 1 is 0.348 bits per heavy atom. The summed E-state index contributed by atoms with van der Waals surface area (Å²) in [5.41, 5.74) is 0. The molecule has 0 heterocycles. The minimum atomic E-state index is -0.562. The number of carbonyl (C=O) groups is 2. The second kappa shape index (κ2) is 56.4. The highest BCUT2D eigenvalue weighted by atomic mass is 16.6. The molecule has 0 aromatic rings. The SMILES string of the molecule is CC/C=C\C/C=C\C/C=C\CCCCCC(=O)OC(COCCCCCCCCC/C=C\C/C=C\C/C=C\CCCCC)COC(=O)CCCCCCCCC/C=C\CCCCCCCC. The van der Waals surface area contributed by atoms with Crippen molar-refractivity contribution in [1.29, 1.82) is 0 Å². The highest BCUT2D eigenvalue weighted by Gasteiger charge is 2.17. The van der Waals surface area contributed by atoms with Crippen molar-refractivity contribution < 1.29 is 23.8 Å². The van der Waals surface area contributed by atoms with E-state index >= 15 is 0 Å². The van der Waals surface area contributed by atoms with Gasteiger partial charge in [0, 0.05) is 19.4 Å². The van der Waals surface area contributed by atoms with Gasteiger partial charge in [-0.2, -0.15) is 0 Å². The van der Waals surface area contributed by atoms with E-state index in [1.807, 2.05) is 0 Å². The van der Waals surface area contributed by atoms with Gasteiger partial charge in [0.25, 0.3) is 0 Å². The zero-order valence-electron chi connectivity index (χ0n) is 43.7. The summed E-state index contributed by atoms with van der Waals surface area (Å²) in [6.45, 7) is 7.64. The molecule has 0 aromatic carbocycles. The largest absolute Gasteiger partial charge is 0.462 e. The van der Waals surface area contributed by atoms with Crippen molar-refractivity contribution in [3.8, 4) is 0 Å². The van der Waals surface area contributed by atoms with Crippen LogP contribution in [0.2, 0.25) is 0 Å². The zero-order chi connectivity index (χ0) is 47.7. The van der Waals surface area contributed by atoms with Gasteiger partial charge in [-0.05, 0) is 116 Å². The van der Waals surface area contributed by atoms with Crippen LogP contribution in [0, 0.1) is 0 Å². The third-order valence-electron chi connectivity index (χ3n) is 11.9. The van der Waals surface area contributed by atoms with Crippen LogP contribution in [-0.4, -0.2) is 37.9 Å². The summed E-state index contributed by atoms with van der Waals surface area (Å²) in [5.74, 6) is -0.439. The minimum Gasteiger partial charge on any atom is -0.462 e. The van der Waals surface area contributed by atoms with Crippen molar-refractivity contribution in [2.45, 2.75) is 271 Å². The van der Waals surface area contributed by atoms with E-state index in [2.05, 4.69) is 106 Å². The second-order valence-corrected chi connectivity index (χ2v) is 18.4. The Labute approximate surface area is 409 Å². The first-order chi connectivity index (χ1) is 32.6. The Balaban J connectivity index is 4.30. The molecule has 1 atom stereocenters. The summed E-state index contributed by atoms with van der Waals surface area (Å²) in [7, 11) is 0. The van der Waals surface area contributed by atoms with Gasteiger partial charge in [-0.1, -0.05) is 221 Å². The number of ether oxygens (including phenoxy) is 3. The molecule has 0 aliphatic rings. The highest BCUT2D eigenvalue weighted by Crippen LogP contribution is 2.14. The molecule has 0 aromatic heterocycles. The molecule has 0 fully saturated rings. The lowest BCUT2D eigenvalue weighted by Crippen LogP contribution is -2.30. The Morgan fingerprint density at radius 3 is 1.15 bits per heavy atom. The lowest BCUT2D eigenvalue weighted by Gasteiger charge is -2.18. The van der Waals surface area contributed by atoms with Crippen LogP contribution in [0.5, 0.6) is 0 Å². The summed E-state index contributed by atoms with van der Waals surface area (Å²) in [4.78, 5) is 25.5. The first-order valence-corrected chi connectivity index (χ1v) is 28.1. The molecule has 0 aliphatic heterocycles. The van der Waals surface area contributed by atoms with Crippen LogP contribution in [0.4, 0.5) is 0 Å². The number of carbonyl (C=O) groups excluding carboxylic acids is 2. The van der Waals surface area contributed by atoms with Crippen LogP contribution >= 0.6 is 0 Å². The maximum absolute atomic E-state index is 12.8. The van der Waals surface area contributed by atoms with E-state index in [4.69, 9.17) is 14.2 Å². The van der Waals surface area contributed by atoms with Crippen molar-refractivity contribution in [3.05, 3.63) is 85.1 Å². The monoisotopic (exact) mass is 919 g/mol. The molecule has 1 unspecified atom stereocenters. The molecule has 5 nitrogen and oxygen atoms in total. The standard InChI is InChI=1S/C61H106O5/c1-4-7-10-13-16-19-22-25-27-29-30-31-33-35-38-41-44-47-50-53-56-64-57-59(66-61(63)55-52-49-46-43-40-36-24-21-18-15-12-9-6-3)58-65-60(62)54-51-48-45-42-39-37-34-32-28-26-23-20-17-14-11-8-5-2/h9,12,16,18-19,21,25-28,30-31,36,40,59H,4-8,10-11,13-15,17,20,22-24,29,32-35,37-39,41-58H2,1-3H3/b12-9-,19-16-,21-18-,27-25-,28-26-,31-30-,40-36-. The third kappa shape index (κ3) is 53.7. The van der Waals surface area contributed by atoms with Crippen LogP contribution in [-0.2, 0) is 23.8 Å². The van der Waals surface area contributed by atoms with Crippen molar-refractivity contribution in [2.75, 3.05) is 19.8 Å². The molecule has 0 N–H and O–H groups in total. The van der Waals surface area contributed by atoms with E-state index < -0.39 is 6.10 Å². The van der Waals surface area contributed by atoms with E-state index in [1.54, 1.807) is 0 Å². The maximum atomic E-state index is 12.8. The van der Waals surface area contributed by atoms with Crippen molar-refractivity contribution in [2.24, 2.45) is 0 Å². The van der Waals surface area contributed by atoms with Gasteiger partial charge < -0.3 is 14.2 Å². The zero-order valence-corrected chi connectivity index (χ0v) is 43.7. The molecule has 0 radical (unpaired) electrons. The van der Waals surface area contributed by atoms with Gasteiger partial charge >= 0.3 is 11.9 Å². The normalized spacial score (nSPS) is 12.8. The van der Waals surface area contributed by atoms with Gasteiger partial charge in [0.05, 0.1) is 6.61 Å². The number of rotatable bonds is 51. The van der Waals surface area contributed by atoms with Crippen LogP contribution < -0.4 is 0 Å². The van der Waals surface area contributed by atoms with Crippen molar-refractivity contribution in [1.82, 2.24) is 0 Å². The fraction of sp³-hybridized carbons (Fsp3) is 0.738. The lowest BCUT2D eigenvalue weighted by molar-refractivity contribution is -0.163. The molecule has 66 heavy (non-hydrogen) atoms. The van der Waals surface area contributed by atoms with Crippen LogP contribution in [0.3, 0.4) is 0 Å². The van der Waals surface area contributed by atoms with Crippen LogP contribution in [0.1, 0.15) is 265 Å². The first kappa shape index (κ1) is 63.1. The molecule has 0 saturated heterocycles. The van der Waals surface area contributed by atoms with E-state index in [9.17, 15) is 9.59 Å². The van der Waals surface area contributed by atoms with Gasteiger partial charge in [0.2, 0.25) is 0 Å². The van der Waals surface area contributed by atoms with Gasteiger partial charge in [-0.15, -0.1) is 0 Å². The predicted octanol–water partition coefficient (Wildman–Crippen LogP) is 19.2. The van der Waals surface area contributed by atoms with Gasteiger partial charge in [-0.3, -0.25) is 9.59 Å². The van der Waals surface area contributed by atoms with E-state index in [0.717, 1.165) is 89.9 Å². The van der Waals surface area contributed by atoms with Gasteiger partial charge in [0.15, 0.2) is 6.10 Å². The van der Waals surface area contributed by atoms with Gasteiger partial charge in [0.1, 0.15) is 6.61 Å². The number of hydrogen-bond donors (Lipinski definition) is 0. The molecular weight excluding hydrogens is 813 g/mol. The average Bonchev–Trinajstić information content (AvgIpc) is 3.32. The third-order valence-corrected chi connectivity index (χ3v) is 11.9. The van der Waals surface area contributed by atoms with Gasteiger partial charge in [-0.25, -0.2) is 0 Å². The summed E-state index contributed by atoms with van der Waals surface area (Å²) >= 11 is 0. The molecule has 0 saturated carbocycles. The minimum absolute atomic E-state index is 0.0643. The Hall–Kier alpha value is -2.92. The van der Waals surface area contributed by atoms with Crippen molar-refractivity contribution >= 4 is 11.9 Å². The fourth-order valence-corrected chi connectivity index (χ4v) is 7.70. The van der Waals surface area contributed by atoms with Crippen molar-refractivity contribution in [3.63, 3.8) is 0 Å². The Morgan fingerprint density at radius 2 is 0.682 bits per heavy atom. The quantitative estimate of drug-likeness (QED) is 0.0346. The number of esters is 2. The number of unbranched alkanes of at least 4 members (excludes halogenated alkanes) is 26. The first-order valence-electron chi connectivity index (χ1n) is 28.1. The average molecular weight is 920 g/mol. The number of allylic oxidation sites excluding steroid dienone is 14. The molecule has 0 amide bonds. The molecule has 0 rings (SSSR count). The molecule has 5 heteroatoms. The smallest absolute Gasteiger partial charge is 0.306 e. The summed E-state index contributed by atoms with van der Waals surface area (Å²) in [5, 5.41) is 0. The summed E-state index contributed by atoms with van der Waals surface area (Å²) < 4.78 is 17.4. The topological polar surface area (TPSA) is 61.8 Å². The fourth-order valence-electron chi connectivity index (χ4n) is 7.70. The lowest BCUT2D eigenvalue weighted by atomic mass is 10.1. The molecule has 0 aliphatic carbocycles. The maximum Gasteiger partial charge on any atom is 0.306 e. The number of hydrogen-bond acceptors (Lipinski definition) is 5. The summed E-state index contributed by atoms with van der Waals surface area (Å²) in [6.07, 6.45) is 74.6. The summed E-state index contributed by atoms with van der Waals surface area (Å²) in [6, 6.07) is 0. The molecular formula is C61H106O5. The molecule has 0 spiro atoms. The van der Waals surface area contributed by atoms with E-state index in [0.29, 0.717) is 19.4 Å². The van der Waals surface area contributed by atoms with E-state index in [-0.39, 0.29) is 25.2 Å². The second-order valence-electron chi connectivity index (χ2n) is 18.4. The Kier molecular flexibility index (Phi) is 53.9. The Bertz CT molecular complexity index is 1220. The van der Waals surface area contributed by atoms with Crippen LogP contribution in [0.25, 0.3) is 0 Å². The molecule has 380 valence electrons. The molecule has 0 bridgehead atoms.